The summed E-state index contributed by atoms with van der Waals surface area (Å²) < 4.78 is 0. The molecular weight excluding hydrogens is 272 g/mol. The average molecular weight is 294 g/mol. The number of carboxylic acids is 1. The average Bonchev–Trinajstić information content (AvgIpc) is 2.99. The highest BCUT2D eigenvalue weighted by molar-refractivity contribution is 5.75. The second-order valence-corrected chi connectivity index (χ2v) is 5.45. The quantitative estimate of drug-likeness (QED) is 0.664. The number of carboxylic acid groups (broad SMARTS) is 1. The fourth-order valence-electron chi connectivity index (χ4n) is 2.76. The molecule has 21 heavy (non-hydrogen) atoms. The molecule has 1 aliphatic carbocycles. The Morgan fingerprint density at radius 2 is 2.33 bits per heavy atom. The van der Waals surface area contributed by atoms with E-state index in [1.807, 2.05) is 6.92 Å². The highest BCUT2D eigenvalue weighted by atomic mass is 16.4. The van der Waals surface area contributed by atoms with Crippen molar-refractivity contribution in [3.63, 3.8) is 0 Å². The molecule has 2 amide bonds. The Bertz CT molecular complexity index is 475. The monoisotopic (exact) mass is 294 g/mol. The van der Waals surface area contributed by atoms with Crippen LogP contribution in [0.3, 0.4) is 0 Å². The first-order chi connectivity index (χ1) is 10.1. The van der Waals surface area contributed by atoms with Crippen molar-refractivity contribution in [2.45, 2.75) is 51.1 Å². The van der Waals surface area contributed by atoms with E-state index in [1.165, 1.54) is 0 Å². The first-order valence-corrected chi connectivity index (χ1v) is 7.39. The third-order valence-electron chi connectivity index (χ3n) is 3.92. The van der Waals surface area contributed by atoms with Gasteiger partial charge in [0.15, 0.2) is 0 Å². The number of carbonyl (C=O) groups excluding carboxylic acids is 1. The van der Waals surface area contributed by atoms with E-state index >= 15 is 0 Å². The number of carbonyl (C=O) groups is 2. The topological polar surface area (TPSA) is 107 Å². The Morgan fingerprint density at radius 3 is 2.95 bits per heavy atom. The molecule has 4 N–H and O–H groups in total. The van der Waals surface area contributed by atoms with Gasteiger partial charge in [-0.05, 0) is 25.7 Å². The van der Waals surface area contributed by atoms with Crippen LogP contribution < -0.4 is 10.6 Å². The molecule has 0 aromatic carbocycles. The predicted molar refractivity (Wildman–Crippen MR) is 76.7 cm³/mol. The van der Waals surface area contributed by atoms with Gasteiger partial charge in [-0.1, -0.05) is 13.3 Å². The molecule has 0 aliphatic heterocycles. The lowest BCUT2D eigenvalue weighted by atomic mass is 9.86. The van der Waals surface area contributed by atoms with Crippen LogP contribution in [0.25, 0.3) is 0 Å². The van der Waals surface area contributed by atoms with Crippen molar-refractivity contribution in [3.8, 4) is 0 Å². The number of aromatic amines is 1. The van der Waals surface area contributed by atoms with Crippen LogP contribution in [0.2, 0.25) is 0 Å². The van der Waals surface area contributed by atoms with E-state index in [1.54, 1.807) is 12.4 Å². The van der Waals surface area contributed by atoms with Crippen molar-refractivity contribution in [3.05, 3.63) is 18.2 Å². The number of imidazole rings is 1. The minimum Gasteiger partial charge on any atom is -0.481 e. The molecule has 1 saturated carbocycles. The van der Waals surface area contributed by atoms with E-state index in [4.69, 9.17) is 5.11 Å². The van der Waals surface area contributed by atoms with E-state index in [9.17, 15) is 9.59 Å². The van der Waals surface area contributed by atoms with Gasteiger partial charge in [-0.2, -0.15) is 0 Å². The Hall–Kier alpha value is -2.05. The lowest BCUT2D eigenvalue weighted by Gasteiger charge is -2.28. The number of aromatic nitrogens is 2. The van der Waals surface area contributed by atoms with Crippen LogP contribution in [0.4, 0.5) is 4.79 Å². The van der Waals surface area contributed by atoms with Crippen molar-refractivity contribution >= 4 is 12.0 Å². The maximum absolute atomic E-state index is 12.0. The normalized spacial score (nSPS) is 23.3. The first-order valence-electron chi connectivity index (χ1n) is 7.39. The van der Waals surface area contributed by atoms with Crippen molar-refractivity contribution < 1.29 is 14.7 Å². The molecular formula is C14H22N4O3. The van der Waals surface area contributed by atoms with Crippen molar-refractivity contribution in [2.24, 2.45) is 5.92 Å². The highest BCUT2D eigenvalue weighted by Crippen LogP contribution is 2.24. The smallest absolute Gasteiger partial charge is 0.315 e. The van der Waals surface area contributed by atoms with Gasteiger partial charge >= 0.3 is 12.0 Å². The molecule has 0 bridgehead atoms. The van der Waals surface area contributed by atoms with E-state index in [2.05, 4.69) is 20.6 Å². The van der Waals surface area contributed by atoms with Crippen molar-refractivity contribution in [1.82, 2.24) is 20.6 Å². The second kappa shape index (κ2) is 7.10. The molecule has 116 valence electrons. The summed E-state index contributed by atoms with van der Waals surface area (Å²) in [5, 5.41) is 14.8. The van der Waals surface area contributed by atoms with Gasteiger partial charge in [-0.3, -0.25) is 4.79 Å². The van der Waals surface area contributed by atoms with Gasteiger partial charge in [-0.15, -0.1) is 0 Å². The SMILES string of the molecule is CCC(NC(=O)NC1CCCC(C(=O)O)C1)c1ncc[nH]1. The summed E-state index contributed by atoms with van der Waals surface area (Å²) >= 11 is 0. The number of hydrogen-bond donors (Lipinski definition) is 4. The zero-order valence-electron chi connectivity index (χ0n) is 12.1. The molecule has 1 aromatic rings. The highest BCUT2D eigenvalue weighted by Gasteiger charge is 2.28. The molecule has 3 atom stereocenters. The molecule has 1 fully saturated rings. The molecule has 1 heterocycles. The lowest BCUT2D eigenvalue weighted by molar-refractivity contribution is -0.143. The summed E-state index contributed by atoms with van der Waals surface area (Å²) in [6, 6.07) is -0.512. The Balaban J connectivity index is 1.85. The van der Waals surface area contributed by atoms with Gasteiger partial charge < -0.3 is 20.7 Å². The largest absolute Gasteiger partial charge is 0.481 e. The van der Waals surface area contributed by atoms with E-state index in [0.29, 0.717) is 12.8 Å². The number of nitrogens with zero attached hydrogens (tertiary/aromatic N) is 1. The third-order valence-corrected chi connectivity index (χ3v) is 3.92. The van der Waals surface area contributed by atoms with Gasteiger partial charge in [0.1, 0.15) is 5.82 Å². The van der Waals surface area contributed by atoms with Crippen LogP contribution >= 0.6 is 0 Å². The zero-order chi connectivity index (χ0) is 15.2. The third kappa shape index (κ3) is 4.21. The van der Waals surface area contributed by atoms with Crippen molar-refractivity contribution in [1.29, 1.82) is 0 Å². The van der Waals surface area contributed by atoms with Crippen molar-refractivity contribution in [2.75, 3.05) is 0 Å². The molecule has 0 radical (unpaired) electrons. The summed E-state index contributed by atoms with van der Waals surface area (Å²) in [5.74, 6) is -0.403. The second-order valence-electron chi connectivity index (χ2n) is 5.45. The number of urea groups is 1. The van der Waals surface area contributed by atoms with Crippen LogP contribution in [-0.2, 0) is 4.79 Å². The summed E-state index contributed by atoms with van der Waals surface area (Å²) in [5.41, 5.74) is 0. The van der Waals surface area contributed by atoms with Crippen LogP contribution in [-0.4, -0.2) is 33.1 Å². The van der Waals surface area contributed by atoms with Gasteiger partial charge in [0.2, 0.25) is 0 Å². The number of H-pyrrole nitrogens is 1. The molecule has 1 aromatic heterocycles. The molecule has 0 spiro atoms. The Morgan fingerprint density at radius 1 is 1.52 bits per heavy atom. The summed E-state index contributed by atoms with van der Waals surface area (Å²) in [7, 11) is 0. The van der Waals surface area contributed by atoms with Gasteiger partial charge in [0.05, 0.1) is 12.0 Å². The number of amides is 2. The zero-order valence-corrected chi connectivity index (χ0v) is 12.1. The van der Waals surface area contributed by atoms with Crippen LogP contribution in [0.5, 0.6) is 0 Å². The molecule has 0 saturated heterocycles. The lowest BCUT2D eigenvalue weighted by Crippen LogP contribution is -2.46. The van der Waals surface area contributed by atoms with E-state index in [0.717, 1.165) is 25.1 Å². The maximum atomic E-state index is 12.0. The minimum atomic E-state index is -0.774. The van der Waals surface area contributed by atoms with Gasteiger partial charge in [0.25, 0.3) is 0 Å². The van der Waals surface area contributed by atoms with E-state index in [-0.39, 0.29) is 24.0 Å². The molecule has 3 unspecified atom stereocenters. The predicted octanol–water partition coefficient (Wildman–Crippen LogP) is 1.80. The number of hydrogen-bond acceptors (Lipinski definition) is 3. The van der Waals surface area contributed by atoms with E-state index < -0.39 is 5.97 Å². The molecule has 7 heteroatoms. The molecule has 7 nitrogen and oxygen atoms in total. The van der Waals surface area contributed by atoms with Crippen LogP contribution in [0, 0.1) is 5.92 Å². The summed E-state index contributed by atoms with van der Waals surface area (Å²) in [4.78, 5) is 30.2. The van der Waals surface area contributed by atoms with Gasteiger partial charge in [-0.25, -0.2) is 9.78 Å². The minimum absolute atomic E-state index is 0.0750. The molecule has 2 rings (SSSR count). The van der Waals surface area contributed by atoms with Crippen LogP contribution in [0.15, 0.2) is 12.4 Å². The first kappa shape index (κ1) is 15.3. The Kier molecular flexibility index (Phi) is 5.19. The maximum Gasteiger partial charge on any atom is 0.315 e. The Labute approximate surface area is 123 Å². The summed E-state index contributed by atoms with van der Waals surface area (Å²) in [6.07, 6.45) is 6.95. The van der Waals surface area contributed by atoms with Gasteiger partial charge in [0, 0.05) is 18.4 Å². The molecule has 1 aliphatic rings. The van der Waals surface area contributed by atoms with Crippen LogP contribution in [0.1, 0.15) is 50.9 Å². The number of rotatable bonds is 5. The fourth-order valence-corrected chi connectivity index (χ4v) is 2.76. The summed E-state index contributed by atoms with van der Waals surface area (Å²) in [6.45, 7) is 1.97. The fraction of sp³-hybridized carbons (Fsp3) is 0.643. The number of aliphatic carboxylic acids is 1. The standard InChI is InChI=1S/C14H22N4O3/c1-2-11(12-15-6-7-16-12)18-14(21)17-10-5-3-4-9(8-10)13(19)20/h6-7,9-11H,2-5,8H2,1H3,(H,15,16)(H,19,20)(H2,17,18,21). The number of nitrogens with one attached hydrogen (secondary N) is 3.